The Kier molecular flexibility index (Phi) is 2.74. The number of aryl methyl sites for hydroxylation is 1. The Balaban J connectivity index is 2.56. The summed E-state index contributed by atoms with van der Waals surface area (Å²) in [6.07, 6.45) is 0. The van der Waals surface area contributed by atoms with Gasteiger partial charge in [0.1, 0.15) is 0 Å². The average molecular weight is 230 g/mol. The molecule has 1 heterocycles. The van der Waals surface area contributed by atoms with Crippen LogP contribution in [0, 0.1) is 17.0 Å². The molecule has 17 heavy (non-hydrogen) atoms. The van der Waals surface area contributed by atoms with E-state index in [4.69, 9.17) is 0 Å². The lowest BCUT2D eigenvalue weighted by Gasteiger charge is -2.02. The molecule has 0 saturated heterocycles. The maximum atomic E-state index is 11.3. The molecule has 0 aliphatic carbocycles. The van der Waals surface area contributed by atoms with E-state index < -0.39 is 4.92 Å². The molecule has 0 bridgehead atoms. The van der Waals surface area contributed by atoms with Gasteiger partial charge in [-0.05, 0) is 24.1 Å². The lowest BCUT2D eigenvalue weighted by molar-refractivity contribution is -0.384. The van der Waals surface area contributed by atoms with Crippen LogP contribution in [-0.2, 0) is 0 Å². The van der Waals surface area contributed by atoms with Gasteiger partial charge in [0.25, 0.3) is 5.69 Å². The highest BCUT2D eigenvalue weighted by molar-refractivity contribution is 5.66. The molecule has 1 aromatic heterocycles. The zero-order valence-corrected chi connectivity index (χ0v) is 9.14. The number of non-ortho nitro benzene ring substituents is 1. The molecule has 5 nitrogen and oxygen atoms in total. The number of pyridine rings is 1. The number of aromatic amines is 1. The molecule has 0 aliphatic heterocycles. The Morgan fingerprint density at radius 3 is 2.59 bits per heavy atom. The van der Waals surface area contributed by atoms with E-state index in [0.717, 1.165) is 5.69 Å². The van der Waals surface area contributed by atoms with Gasteiger partial charge in [0.05, 0.1) is 4.92 Å². The summed E-state index contributed by atoms with van der Waals surface area (Å²) in [5.41, 5.74) is 1.86. The second kappa shape index (κ2) is 4.21. The molecule has 2 aromatic rings. The number of hydrogen-bond acceptors (Lipinski definition) is 3. The lowest BCUT2D eigenvalue weighted by atomic mass is 10.1. The molecule has 0 amide bonds. The maximum Gasteiger partial charge on any atom is 0.270 e. The number of benzene rings is 1. The number of hydrogen-bond donors (Lipinski definition) is 1. The molecular weight excluding hydrogens is 220 g/mol. The number of nitro groups is 1. The van der Waals surface area contributed by atoms with E-state index in [0.29, 0.717) is 11.1 Å². The molecule has 0 fully saturated rings. The summed E-state index contributed by atoms with van der Waals surface area (Å²) in [7, 11) is 0. The zero-order chi connectivity index (χ0) is 12.4. The zero-order valence-electron chi connectivity index (χ0n) is 9.14. The van der Waals surface area contributed by atoms with E-state index in [2.05, 4.69) is 4.98 Å². The third kappa shape index (κ3) is 2.39. The fourth-order valence-corrected chi connectivity index (χ4v) is 1.65. The summed E-state index contributed by atoms with van der Waals surface area (Å²) < 4.78 is 0. The molecule has 5 heteroatoms. The maximum absolute atomic E-state index is 11.3. The molecular formula is C12H10N2O3. The van der Waals surface area contributed by atoms with Gasteiger partial charge in [-0.1, -0.05) is 12.1 Å². The van der Waals surface area contributed by atoms with Crippen molar-refractivity contribution < 1.29 is 4.92 Å². The molecule has 1 aromatic carbocycles. The smallest absolute Gasteiger partial charge is 0.270 e. The fraction of sp³-hybridized carbons (Fsp3) is 0.0833. The fourth-order valence-electron chi connectivity index (χ4n) is 1.65. The molecule has 0 saturated carbocycles. The summed E-state index contributed by atoms with van der Waals surface area (Å²) in [6.45, 7) is 1.77. The Bertz CT molecular complexity index is 632. The minimum absolute atomic E-state index is 0.0143. The van der Waals surface area contributed by atoms with Gasteiger partial charge in [0.2, 0.25) is 5.56 Å². The van der Waals surface area contributed by atoms with Gasteiger partial charge < -0.3 is 4.98 Å². The second-order valence-electron chi connectivity index (χ2n) is 3.72. The first-order valence-electron chi connectivity index (χ1n) is 5.02. The van der Waals surface area contributed by atoms with Crippen LogP contribution >= 0.6 is 0 Å². The Morgan fingerprint density at radius 2 is 1.94 bits per heavy atom. The van der Waals surface area contributed by atoms with Crippen molar-refractivity contribution in [2.75, 3.05) is 0 Å². The molecule has 0 spiro atoms. The van der Waals surface area contributed by atoms with Gasteiger partial charge in [-0.15, -0.1) is 0 Å². The summed E-state index contributed by atoms with van der Waals surface area (Å²) in [6, 6.07) is 9.41. The highest BCUT2D eigenvalue weighted by Crippen LogP contribution is 2.22. The number of nitro benzene ring substituents is 1. The molecule has 1 N–H and O–H groups in total. The predicted molar refractivity (Wildman–Crippen MR) is 63.9 cm³/mol. The van der Waals surface area contributed by atoms with E-state index in [1.807, 2.05) is 0 Å². The number of aromatic nitrogens is 1. The molecule has 86 valence electrons. The van der Waals surface area contributed by atoms with E-state index in [9.17, 15) is 14.9 Å². The van der Waals surface area contributed by atoms with Crippen LogP contribution in [0.5, 0.6) is 0 Å². The van der Waals surface area contributed by atoms with Crippen molar-refractivity contribution in [2.45, 2.75) is 6.92 Å². The monoisotopic (exact) mass is 230 g/mol. The topological polar surface area (TPSA) is 76.0 Å². The highest BCUT2D eigenvalue weighted by Gasteiger charge is 2.07. The molecule has 0 radical (unpaired) electrons. The van der Waals surface area contributed by atoms with Crippen molar-refractivity contribution >= 4 is 5.69 Å². The number of nitrogens with one attached hydrogen (secondary N) is 1. The van der Waals surface area contributed by atoms with Crippen LogP contribution in [0.1, 0.15) is 5.69 Å². The summed E-state index contributed by atoms with van der Waals surface area (Å²) in [4.78, 5) is 24.1. The van der Waals surface area contributed by atoms with Crippen molar-refractivity contribution in [3.63, 3.8) is 0 Å². The van der Waals surface area contributed by atoms with Crippen molar-refractivity contribution in [1.29, 1.82) is 0 Å². The molecule has 0 atom stereocenters. The first-order chi connectivity index (χ1) is 8.06. The normalized spacial score (nSPS) is 10.2. The van der Waals surface area contributed by atoms with E-state index in [1.165, 1.54) is 18.2 Å². The lowest BCUT2D eigenvalue weighted by Crippen LogP contribution is -2.05. The Morgan fingerprint density at radius 1 is 1.18 bits per heavy atom. The molecule has 0 unspecified atom stereocenters. The molecule has 2 rings (SSSR count). The van der Waals surface area contributed by atoms with E-state index in [1.54, 1.807) is 25.1 Å². The van der Waals surface area contributed by atoms with Gasteiger partial charge >= 0.3 is 0 Å². The van der Waals surface area contributed by atoms with E-state index >= 15 is 0 Å². The van der Waals surface area contributed by atoms with Crippen molar-refractivity contribution in [3.05, 3.63) is 62.6 Å². The van der Waals surface area contributed by atoms with Gasteiger partial charge in [0, 0.05) is 23.9 Å². The first-order valence-corrected chi connectivity index (χ1v) is 5.02. The summed E-state index contributed by atoms with van der Waals surface area (Å²) >= 11 is 0. The Hall–Kier alpha value is -2.43. The van der Waals surface area contributed by atoms with Crippen LogP contribution in [-0.4, -0.2) is 9.91 Å². The third-order valence-electron chi connectivity index (χ3n) is 2.37. The third-order valence-corrected chi connectivity index (χ3v) is 2.37. The van der Waals surface area contributed by atoms with Gasteiger partial charge in [-0.25, -0.2) is 0 Å². The largest absolute Gasteiger partial charge is 0.326 e. The summed E-state index contributed by atoms with van der Waals surface area (Å²) in [5, 5.41) is 10.7. The van der Waals surface area contributed by atoms with Gasteiger partial charge in [-0.2, -0.15) is 0 Å². The van der Waals surface area contributed by atoms with Crippen LogP contribution in [0.25, 0.3) is 11.1 Å². The predicted octanol–water partition coefficient (Wildman–Crippen LogP) is 2.26. The van der Waals surface area contributed by atoms with Crippen LogP contribution in [0.3, 0.4) is 0 Å². The van der Waals surface area contributed by atoms with Crippen LogP contribution in [0.2, 0.25) is 0 Å². The summed E-state index contributed by atoms with van der Waals surface area (Å²) in [5.74, 6) is 0. The number of rotatable bonds is 2. The number of nitrogens with zero attached hydrogens (tertiary/aromatic N) is 1. The first kappa shape index (κ1) is 11.1. The second-order valence-corrected chi connectivity index (χ2v) is 3.72. The van der Waals surface area contributed by atoms with Crippen molar-refractivity contribution in [2.24, 2.45) is 0 Å². The van der Waals surface area contributed by atoms with Gasteiger partial charge in [0.15, 0.2) is 0 Å². The average Bonchev–Trinajstić information content (AvgIpc) is 2.28. The van der Waals surface area contributed by atoms with Crippen molar-refractivity contribution in [1.82, 2.24) is 4.98 Å². The SMILES string of the molecule is Cc1cc(-c2cccc([N+](=O)[O-])c2)cc(=O)[nH]1. The van der Waals surface area contributed by atoms with Gasteiger partial charge in [-0.3, -0.25) is 14.9 Å². The standard InChI is InChI=1S/C12H10N2O3/c1-8-5-10(7-12(15)13-8)9-3-2-4-11(6-9)14(16)17/h2-7H,1H3,(H,13,15). The minimum atomic E-state index is -0.455. The molecule has 0 aliphatic rings. The van der Waals surface area contributed by atoms with E-state index in [-0.39, 0.29) is 11.2 Å². The minimum Gasteiger partial charge on any atom is -0.326 e. The quantitative estimate of drug-likeness (QED) is 0.635. The van der Waals surface area contributed by atoms with Crippen LogP contribution < -0.4 is 5.56 Å². The Labute approximate surface area is 96.9 Å². The number of H-pyrrole nitrogens is 1. The highest BCUT2D eigenvalue weighted by atomic mass is 16.6. The van der Waals surface area contributed by atoms with Crippen molar-refractivity contribution in [3.8, 4) is 11.1 Å². The van der Waals surface area contributed by atoms with Crippen LogP contribution in [0.4, 0.5) is 5.69 Å². The van der Waals surface area contributed by atoms with Crippen LogP contribution in [0.15, 0.2) is 41.2 Å².